The Kier molecular flexibility index (Phi) is 12.8. The van der Waals surface area contributed by atoms with Crippen molar-refractivity contribution in [1.82, 2.24) is 10.6 Å². The number of phenols is 1. The molecule has 0 saturated carbocycles. The molecule has 14 nitrogen and oxygen atoms in total. The zero-order valence-corrected chi connectivity index (χ0v) is 28.8. The maximum atomic E-state index is 14.1. The molecule has 16 heteroatoms. The molecule has 0 bridgehead atoms. The van der Waals surface area contributed by atoms with Gasteiger partial charge in [0.1, 0.15) is 31.5 Å². The number of para-hydroxylation sites is 2. The van der Waals surface area contributed by atoms with E-state index in [1.807, 2.05) is 0 Å². The number of methoxy groups -OCH3 is 1. The van der Waals surface area contributed by atoms with Crippen LogP contribution in [0.4, 0.5) is 11.4 Å². The maximum absolute atomic E-state index is 14.1. The molecule has 0 fully saturated rings. The number of carbonyl (C=O) groups is 5. The number of nitrogens with zero attached hydrogens (tertiary/aromatic N) is 3. The lowest BCUT2D eigenvalue weighted by Gasteiger charge is -2.25. The Balaban J connectivity index is 1.59. The second kappa shape index (κ2) is 17.0. The molecule has 4 rings (SSSR count). The van der Waals surface area contributed by atoms with Gasteiger partial charge in [-0.25, -0.2) is 0 Å². The molecule has 264 valence electrons. The van der Waals surface area contributed by atoms with Crippen LogP contribution in [0.2, 0.25) is 10.0 Å². The lowest BCUT2D eigenvalue weighted by atomic mass is 10.0. The molecule has 4 N–H and O–H groups in total. The summed E-state index contributed by atoms with van der Waals surface area (Å²) in [5, 5.41) is 29.3. The number of halogens is 2. The number of amides is 4. The van der Waals surface area contributed by atoms with Gasteiger partial charge in [0.05, 0.1) is 36.6 Å². The van der Waals surface area contributed by atoms with Crippen LogP contribution in [0.5, 0.6) is 5.75 Å². The molecule has 2 atom stereocenters. The van der Waals surface area contributed by atoms with E-state index in [-0.39, 0.29) is 42.4 Å². The molecule has 1 aliphatic heterocycles. The second-order valence-electron chi connectivity index (χ2n) is 11.3. The fourth-order valence-corrected chi connectivity index (χ4v) is 5.74. The third kappa shape index (κ3) is 9.28. The van der Waals surface area contributed by atoms with E-state index in [1.54, 1.807) is 50.2 Å². The predicted molar refractivity (Wildman–Crippen MR) is 186 cm³/mol. The molecular formula is C34H35Cl2N5O9. The van der Waals surface area contributed by atoms with Gasteiger partial charge < -0.3 is 35.3 Å². The number of hydrogen-bond acceptors (Lipinski definition) is 9. The van der Waals surface area contributed by atoms with Gasteiger partial charge in [-0.15, -0.1) is 0 Å². The van der Waals surface area contributed by atoms with E-state index < -0.39 is 54.6 Å². The largest absolute Gasteiger partial charge is 0.507 e. The molecule has 0 unspecified atom stereocenters. The number of carboxylic acids is 1. The number of fused-ring (bicyclic) bond motifs is 1. The molecule has 4 amide bonds. The zero-order valence-electron chi connectivity index (χ0n) is 27.3. The average molecular weight is 729 g/mol. The first kappa shape index (κ1) is 37.6. The van der Waals surface area contributed by atoms with Crippen LogP contribution in [0.1, 0.15) is 33.5 Å². The Morgan fingerprint density at radius 1 is 1.04 bits per heavy atom. The first-order valence-electron chi connectivity index (χ1n) is 15.2. The Labute approximate surface area is 297 Å². The summed E-state index contributed by atoms with van der Waals surface area (Å²) in [6.45, 7) is 1.88. The van der Waals surface area contributed by atoms with Crippen molar-refractivity contribution in [2.45, 2.75) is 39.0 Å². The molecular weight excluding hydrogens is 693 g/mol. The number of benzene rings is 3. The summed E-state index contributed by atoms with van der Waals surface area (Å²) in [6.07, 6.45) is 0.518. The van der Waals surface area contributed by atoms with Gasteiger partial charge in [0, 0.05) is 28.3 Å². The molecule has 3 aromatic rings. The van der Waals surface area contributed by atoms with Crippen molar-refractivity contribution < 1.29 is 43.8 Å². The Hall–Kier alpha value is -5.18. The van der Waals surface area contributed by atoms with Gasteiger partial charge in [-0.1, -0.05) is 46.6 Å². The summed E-state index contributed by atoms with van der Waals surface area (Å²) in [7, 11) is 1.34. The quantitative estimate of drug-likeness (QED) is 0.151. The molecule has 3 aromatic carbocycles. The molecule has 0 radical (unpaired) electrons. The average Bonchev–Trinajstić information content (AvgIpc) is 3.17. The van der Waals surface area contributed by atoms with Crippen LogP contribution in [0.15, 0.2) is 59.8 Å². The van der Waals surface area contributed by atoms with Gasteiger partial charge in [0.2, 0.25) is 5.91 Å². The van der Waals surface area contributed by atoms with Gasteiger partial charge in [-0.3, -0.25) is 28.9 Å². The lowest BCUT2D eigenvalue weighted by Crippen LogP contribution is -2.55. The van der Waals surface area contributed by atoms with E-state index in [0.29, 0.717) is 26.7 Å². The monoisotopic (exact) mass is 727 g/mol. The first-order chi connectivity index (χ1) is 23.8. The van der Waals surface area contributed by atoms with Crippen LogP contribution >= 0.6 is 23.2 Å². The summed E-state index contributed by atoms with van der Waals surface area (Å²) >= 11 is 12.3. The van der Waals surface area contributed by atoms with Crippen LogP contribution in [0.3, 0.4) is 0 Å². The fourth-order valence-electron chi connectivity index (χ4n) is 5.24. The zero-order chi connectivity index (χ0) is 36.5. The summed E-state index contributed by atoms with van der Waals surface area (Å²) < 4.78 is 5.06. The minimum Gasteiger partial charge on any atom is -0.507 e. The van der Waals surface area contributed by atoms with Crippen molar-refractivity contribution in [2.24, 2.45) is 5.16 Å². The molecule has 1 aliphatic rings. The number of hydrogen-bond donors (Lipinski definition) is 4. The van der Waals surface area contributed by atoms with E-state index in [9.17, 15) is 34.2 Å². The first-order valence-corrected chi connectivity index (χ1v) is 16.0. The lowest BCUT2D eigenvalue weighted by molar-refractivity contribution is -0.137. The number of carboxylic acid groups (broad SMARTS) is 1. The topological polar surface area (TPSA) is 187 Å². The molecule has 0 aromatic heterocycles. The van der Waals surface area contributed by atoms with E-state index in [4.69, 9.17) is 32.8 Å². The van der Waals surface area contributed by atoms with Gasteiger partial charge >= 0.3 is 5.97 Å². The summed E-state index contributed by atoms with van der Waals surface area (Å²) in [5.74, 6) is -3.87. The van der Waals surface area contributed by atoms with Crippen LogP contribution in [-0.4, -0.2) is 84.9 Å². The minimum absolute atomic E-state index is 0.0267. The highest BCUT2D eigenvalue weighted by molar-refractivity contribution is 6.36. The van der Waals surface area contributed by atoms with Crippen molar-refractivity contribution in [3.05, 3.63) is 86.9 Å². The van der Waals surface area contributed by atoms with Crippen molar-refractivity contribution in [3.8, 4) is 5.75 Å². The third-order valence-corrected chi connectivity index (χ3v) is 8.36. The van der Waals surface area contributed by atoms with E-state index in [2.05, 4.69) is 15.8 Å². The SMILES string of the molecule is COCC(=O)N1C[C@H](NC(=O)c2cc(C)c(O)c(C)c2)C(=O)N(CC(=O)N[C@H](/C=N\OCc2c(Cl)cccc2Cl)CC(=O)O)c2ccccc21. The van der Waals surface area contributed by atoms with Crippen LogP contribution in [-0.2, 0) is 35.4 Å². The van der Waals surface area contributed by atoms with Crippen molar-refractivity contribution in [1.29, 1.82) is 0 Å². The highest BCUT2D eigenvalue weighted by atomic mass is 35.5. The second-order valence-corrected chi connectivity index (χ2v) is 12.1. The molecule has 0 aliphatic carbocycles. The van der Waals surface area contributed by atoms with Crippen molar-refractivity contribution in [2.75, 3.05) is 36.6 Å². The molecule has 0 spiro atoms. The van der Waals surface area contributed by atoms with E-state index >= 15 is 0 Å². The Bertz CT molecular complexity index is 1780. The van der Waals surface area contributed by atoms with Gasteiger partial charge in [-0.2, -0.15) is 0 Å². The number of anilines is 2. The number of nitrogens with one attached hydrogen (secondary N) is 2. The van der Waals surface area contributed by atoms with Crippen LogP contribution in [0.25, 0.3) is 0 Å². The smallest absolute Gasteiger partial charge is 0.305 e. The summed E-state index contributed by atoms with van der Waals surface area (Å²) in [6, 6.07) is 11.7. The van der Waals surface area contributed by atoms with Gasteiger partial charge in [0.25, 0.3) is 17.7 Å². The predicted octanol–water partition coefficient (Wildman–Crippen LogP) is 3.60. The maximum Gasteiger partial charge on any atom is 0.305 e. The standard InChI is InChI=1S/C34H35Cl2N5O9/c1-19-11-21(12-20(2)32(19)46)33(47)39-26-15-40(30(43)18-49-3)27-9-4-5-10-28(27)41(34(26)48)16-29(42)38-22(13-31(44)45)14-37-50-17-23-24(35)7-6-8-25(23)36/h4-12,14,22,26,46H,13,15-18H2,1-3H3,(H,38,42)(H,39,47)(H,44,45)/b37-14-/t22-,26-/m0/s1. The number of carbonyl (C=O) groups excluding carboxylic acids is 4. The fraction of sp³-hybridized carbons (Fsp3) is 0.294. The third-order valence-electron chi connectivity index (χ3n) is 7.65. The number of phenolic OH excluding ortho intramolecular Hbond substituents is 1. The summed E-state index contributed by atoms with van der Waals surface area (Å²) in [5.41, 5.74) is 1.99. The molecule has 1 heterocycles. The number of ether oxygens (including phenoxy) is 1. The molecule has 0 saturated heterocycles. The van der Waals surface area contributed by atoms with Crippen LogP contribution < -0.4 is 20.4 Å². The Morgan fingerprint density at radius 2 is 1.68 bits per heavy atom. The van der Waals surface area contributed by atoms with E-state index in [0.717, 1.165) is 11.1 Å². The van der Waals surface area contributed by atoms with Gasteiger partial charge in [-0.05, 0) is 61.4 Å². The minimum atomic E-state index is -1.33. The van der Waals surface area contributed by atoms with Crippen molar-refractivity contribution >= 4 is 70.4 Å². The van der Waals surface area contributed by atoms with Gasteiger partial charge in [0.15, 0.2) is 0 Å². The number of oxime groups is 1. The molecule has 50 heavy (non-hydrogen) atoms. The van der Waals surface area contributed by atoms with Crippen LogP contribution in [0, 0.1) is 13.8 Å². The van der Waals surface area contributed by atoms with E-state index in [1.165, 1.54) is 30.2 Å². The Morgan fingerprint density at radius 3 is 2.30 bits per heavy atom. The number of aliphatic carboxylic acids is 1. The highest BCUT2D eigenvalue weighted by Gasteiger charge is 2.38. The van der Waals surface area contributed by atoms with Crippen molar-refractivity contribution in [3.63, 3.8) is 0 Å². The number of aryl methyl sites for hydroxylation is 2. The number of aromatic hydroxyl groups is 1. The number of rotatable bonds is 13. The summed E-state index contributed by atoms with van der Waals surface area (Å²) in [4.78, 5) is 73.5. The normalized spacial score (nSPS) is 14.9. The highest BCUT2D eigenvalue weighted by Crippen LogP contribution is 2.33.